The fourth-order valence-corrected chi connectivity index (χ4v) is 1.05. The number of nitrogens with zero attached hydrogens (tertiary/aromatic N) is 2. The van der Waals surface area contributed by atoms with Crippen LogP contribution in [0.25, 0.3) is 0 Å². The van der Waals surface area contributed by atoms with Crippen molar-refractivity contribution in [1.29, 1.82) is 0 Å². The molecule has 0 radical (unpaired) electrons. The number of nitrogen functional groups attached to an aromatic ring is 1. The molecule has 0 saturated heterocycles. The molecular weight excluding hydrogens is 170 g/mol. The number of carboxylic acids is 1. The fourth-order valence-electron chi connectivity index (χ4n) is 1.05. The summed E-state index contributed by atoms with van der Waals surface area (Å²) in [5.74, 6) is -0.791. The Hall–Kier alpha value is -1.52. The summed E-state index contributed by atoms with van der Waals surface area (Å²) in [6.45, 7) is 2.73. The summed E-state index contributed by atoms with van der Waals surface area (Å²) >= 11 is 0. The first-order valence-electron chi connectivity index (χ1n) is 4.21. The van der Waals surface area contributed by atoms with E-state index in [0.29, 0.717) is 6.54 Å². The molecule has 72 valence electrons. The first-order chi connectivity index (χ1) is 6.16. The zero-order chi connectivity index (χ0) is 9.84. The lowest BCUT2D eigenvalue weighted by Crippen LogP contribution is -2.07. The number of anilines is 1. The molecule has 1 aromatic rings. The highest BCUT2D eigenvalue weighted by atomic mass is 16.4. The summed E-state index contributed by atoms with van der Waals surface area (Å²) in [5.41, 5.74) is 5.64. The van der Waals surface area contributed by atoms with E-state index in [9.17, 15) is 4.79 Å². The SMILES string of the molecule is CCCCn1ncc(C(=O)O)c1N. The Morgan fingerprint density at radius 1 is 1.77 bits per heavy atom. The second kappa shape index (κ2) is 3.93. The Morgan fingerprint density at radius 3 is 2.92 bits per heavy atom. The minimum absolute atomic E-state index is 0.0797. The van der Waals surface area contributed by atoms with Crippen LogP contribution in [0.5, 0.6) is 0 Å². The van der Waals surface area contributed by atoms with Gasteiger partial charge in [0.1, 0.15) is 11.4 Å². The van der Waals surface area contributed by atoms with Gasteiger partial charge >= 0.3 is 5.97 Å². The van der Waals surface area contributed by atoms with Gasteiger partial charge in [0.25, 0.3) is 0 Å². The standard InChI is InChI=1S/C8H13N3O2/c1-2-3-4-11-7(9)6(5-10-11)8(12)13/h5H,2-4,9H2,1H3,(H,12,13). The second-order valence-electron chi connectivity index (χ2n) is 2.83. The van der Waals surface area contributed by atoms with Crippen LogP contribution in [0.2, 0.25) is 0 Å². The lowest BCUT2D eigenvalue weighted by atomic mass is 10.3. The van der Waals surface area contributed by atoms with E-state index in [4.69, 9.17) is 10.8 Å². The van der Waals surface area contributed by atoms with Crippen LogP contribution in [0.15, 0.2) is 6.20 Å². The molecule has 0 spiro atoms. The lowest BCUT2D eigenvalue weighted by molar-refractivity contribution is 0.0698. The maximum absolute atomic E-state index is 10.6. The summed E-state index contributed by atoms with van der Waals surface area (Å²) < 4.78 is 1.52. The van der Waals surface area contributed by atoms with Crippen LogP contribution in [0.1, 0.15) is 30.1 Å². The highest BCUT2D eigenvalue weighted by molar-refractivity contribution is 5.92. The number of hydrogen-bond donors (Lipinski definition) is 2. The molecule has 0 aliphatic rings. The minimum atomic E-state index is -1.03. The number of hydrogen-bond acceptors (Lipinski definition) is 3. The van der Waals surface area contributed by atoms with Crippen molar-refractivity contribution in [3.8, 4) is 0 Å². The maximum atomic E-state index is 10.6. The molecule has 0 bridgehead atoms. The van der Waals surface area contributed by atoms with Gasteiger partial charge in [-0.15, -0.1) is 0 Å². The van der Waals surface area contributed by atoms with Crippen molar-refractivity contribution in [3.63, 3.8) is 0 Å². The molecule has 0 aliphatic heterocycles. The molecule has 3 N–H and O–H groups in total. The normalized spacial score (nSPS) is 10.2. The van der Waals surface area contributed by atoms with Crippen molar-refractivity contribution in [2.75, 3.05) is 5.73 Å². The highest BCUT2D eigenvalue weighted by Crippen LogP contribution is 2.11. The van der Waals surface area contributed by atoms with Gasteiger partial charge < -0.3 is 10.8 Å². The molecule has 0 aliphatic carbocycles. The summed E-state index contributed by atoms with van der Waals surface area (Å²) in [5, 5.41) is 12.6. The number of aromatic nitrogens is 2. The van der Waals surface area contributed by atoms with E-state index in [1.54, 1.807) is 0 Å². The molecule has 0 fully saturated rings. The number of unbranched alkanes of at least 4 members (excludes halogenated alkanes) is 1. The maximum Gasteiger partial charge on any atom is 0.341 e. The van der Waals surface area contributed by atoms with Crippen molar-refractivity contribution in [2.45, 2.75) is 26.3 Å². The molecule has 0 saturated carbocycles. The number of rotatable bonds is 4. The molecule has 0 atom stereocenters. The van der Waals surface area contributed by atoms with Gasteiger partial charge in [0, 0.05) is 6.54 Å². The Morgan fingerprint density at radius 2 is 2.46 bits per heavy atom. The Labute approximate surface area is 76.2 Å². The average molecular weight is 183 g/mol. The van der Waals surface area contributed by atoms with Crippen LogP contribution in [-0.2, 0) is 6.54 Å². The molecule has 1 heterocycles. The average Bonchev–Trinajstić information content (AvgIpc) is 2.43. The molecule has 0 unspecified atom stereocenters. The van der Waals surface area contributed by atoms with Crippen molar-refractivity contribution >= 4 is 11.8 Å². The van der Waals surface area contributed by atoms with E-state index in [2.05, 4.69) is 12.0 Å². The van der Waals surface area contributed by atoms with Crippen LogP contribution in [0.3, 0.4) is 0 Å². The van der Waals surface area contributed by atoms with Crippen molar-refractivity contribution in [2.24, 2.45) is 0 Å². The Kier molecular flexibility index (Phi) is 2.89. The Balaban J connectivity index is 2.80. The number of carboxylic acid groups (broad SMARTS) is 1. The van der Waals surface area contributed by atoms with E-state index in [-0.39, 0.29) is 11.4 Å². The molecule has 5 heteroatoms. The summed E-state index contributed by atoms with van der Waals surface area (Å²) in [6.07, 6.45) is 3.26. The van der Waals surface area contributed by atoms with Crippen molar-refractivity contribution < 1.29 is 9.90 Å². The van der Waals surface area contributed by atoms with Gasteiger partial charge in [-0.25, -0.2) is 9.48 Å². The van der Waals surface area contributed by atoms with Crippen LogP contribution < -0.4 is 5.73 Å². The largest absolute Gasteiger partial charge is 0.477 e. The molecular formula is C8H13N3O2. The molecule has 13 heavy (non-hydrogen) atoms. The van der Waals surface area contributed by atoms with Gasteiger partial charge in [0.05, 0.1) is 6.20 Å². The first kappa shape index (κ1) is 9.57. The van der Waals surface area contributed by atoms with E-state index in [1.807, 2.05) is 0 Å². The summed E-state index contributed by atoms with van der Waals surface area (Å²) in [7, 11) is 0. The second-order valence-corrected chi connectivity index (χ2v) is 2.83. The van der Waals surface area contributed by atoms with Gasteiger partial charge in [0.2, 0.25) is 0 Å². The number of aromatic carboxylic acids is 1. The third kappa shape index (κ3) is 1.99. The van der Waals surface area contributed by atoms with Crippen molar-refractivity contribution in [1.82, 2.24) is 9.78 Å². The fraction of sp³-hybridized carbons (Fsp3) is 0.500. The third-order valence-electron chi connectivity index (χ3n) is 1.83. The minimum Gasteiger partial charge on any atom is -0.477 e. The zero-order valence-electron chi connectivity index (χ0n) is 7.53. The van der Waals surface area contributed by atoms with E-state index in [1.165, 1.54) is 10.9 Å². The van der Waals surface area contributed by atoms with Gasteiger partial charge in [-0.05, 0) is 6.42 Å². The molecule has 1 rings (SSSR count). The Bertz CT molecular complexity index is 306. The van der Waals surface area contributed by atoms with Crippen molar-refractivity contribution in [3.05, 3.63) is 11.8 Å². The van der Waals surface area contributed by atoms with E-state index < -0.39 is 5.97 Å². The quantitative estimate of drug-likeness (QED) is 0.728. The number of nitrogens with two attached hydrogens (primary N) is 1. The topological polar surface area (TPSA) is 81.1 Å². The molecule has 0 aromatic carbocycles. The zero-order valence-corrected chi connectivity index (χ0v) is 7.53. The van der Waals surface area contributed by atoms with Gasteiger partial charge in [-0.3, -0.25) is 0 Å². The number of aryl methyl sites for hydroxylation is 1. The van der Waals surface area contributed by atoms with Gasteiger partial charge in [0.15, 0.2) is 0 Å². The molecule has 0 amide bonds. The van der Waals surface area contributed by atoms with Gasteiger partial charge in [-0.2, -0.15) is 5.10 Å². The van der Waals surface area contributed by atoms with E-state index >= 15 is 0 Å². The van der Waals surface area contributed by atoms with E-state index in [0.717, 1.165) is 12.8 Å². The van der Waals surface area contributed by atoms with Crippen LogP contribution in [0, 0.1) is 0 Å². The van der Waals surface area contributed by atoms with Crippen LogP contribution in [-0.4, -0.2) is 20.9 Å². The monoisotopic (exact) mass is 183 g/mol. The molecule has 5 nitrogen and oxygen atoms in total. The number of carbonyl (C=O) groups is 1. The lowest BCUT2D eigenvalue weighted by Gasteiger charge is -2.01. The third-order valence-corrected chi connectivity index (χ3v) is 1.83. The van der Waals surface area contributed by atoms with Crippen LogP contribution >= 0.6 is 0 Å². The van der Waals surface area contributed by atoms with Crippen LogP contribution in [0.4, 0.5) is 5.82 Å². The summed E-state index contributed by atoms with van der Waals surface area (Å²) in [6, 6.07) is 0. The molecule has 1 aromatic heterocycles. The predicted molar refractivity (Wildman–Crippen MR) is 48.5 cm³/mol. The smallest absolute Gasteiger partial charge is 0.341 e. The summed E-state index contributed by atoms with van der Waals surface area (Å²) in [4.78, 5) is 10.6. The van der Waals surface area contributed by atoms with Gasteiger partial charge in [-0.1, -0.05) is 13.3 Å². The highest BCUT2D eigenvalue weighted by Gasteiger charge is 2.12. The first-order valence-corrected chi connectivity index (χ1v) is 4.21. The predicted octanol–water partition coefficient (Wildman–Crippen LogP) is 0.964.